The summed E-state index contributed by atoms with van der Waals surface area (Å²) in [5.74, 6) is -2.55. The van der Waals surface area contributed by atoms with E-state index in [1.54, 1.807) is 0 Å². The van der Waals surface area contributed by atoms with Gasteiger partial charge in [-0.2, -0.15) is 26.3 Å². The van der Waals surface area contributed by atoms with Crippen molar-refractivity contribution in [3.63, 3.8) is 0 Å². The van der Waals surface area contributed by atoms with E-state index < -0.39 is 60.2 Å². The zero-order chi connectivity index (χ0) is 24.5. The first kappa shape index (κ1) is 25.6. The van der Waals surface area contributed by atoms with Gasteiger partial charge in [-0.3, -0.25) is 4.79 Å². The van der Waals surface area contributed by atoms with Crippen LogP contribution in [0.25, 0.3) is 0 Å². The highest BCUT2D eigenvalue weighted by Crippen LogP contribution is 2.34. The van der Waals surface area contributed by atoms with Crippen molar-refractivity contribution in [3.05, 3.63) is 65.0 Å². The molecule has 0 heterocycles. The summed E-state index contributed by atoms with van der Waals surface area (Å²) in [6.45, 7) is 2.17. The van der Waals surface area contributed by atoms with Crippen molar-refractivity contribution in [2.45, 2.75) is 42.3 Å². The summed E-state index contributed by atoms with van der Waals surface area (Å²) in [6, 6.07) is 4.86. The van der Waals surface area contributed by atoms with Gasteiger partial charge in [0.15, 0.2) is 9.84 Å². The molecule has 0 bridgehead atoms. The predicted molar refractivity (Wildman–Crippen MR) is 101 cm³/mol. The van der Waals surface area contributed by atoms with Gasteiger partial charge in [0.05, 0.1) is 20.8 Å². The Morgan fingerprint density at radius 3 is 2.12 bits per heavy atom. The zero-order valence-corrected chi connectivity index (χ0v) is 17.6. The van der Waals surface area contributed by atoms with Crippen molar-refractivity contribution in [1.29, 1.82) is 0 Å². The van der Waals surface area contributed by atoms with E-state index in [0.29, 0.717) is 18.2 Å². The smallest absolute Gasteiger partial charge is 0.352 e. The van der Waals surface area contributed by atoms with Crippen LogP contribution in [0, 0.1) is 5.82 Å². The average Bonchev–Trinajstić information content (AvgIpc) is 2.66. The number of benzene rings is 2. The van der Waals surface area contributed by atoms with Crippen molar-refractivity contribution in [2.24, 2.45) is 0 Å². The standard InChI is InChI=1S/C20H18F7NO3S/c1-18(2,32(30,31)14-5-3-4-13(11-14)19(22,23)24)8-9-28-17(29)12-6-7-16(21)15(10-12)20(25,26)27/h3-7,10-11H,8-9H2,1-2H3,(H,28,29). The molecule has 0 aliphatic heterocycles. The molecule has 0 aromatic heterocycles. The van der Waals surface area contributed by atoms with Gasteiger partial charge in [0, 0.05) is 12.1 Å². The molecule has 1 amide bonds. The van der Waals surface area contributed by atoms with Gasteiger partial charge >= 0.3 is 12.4 Å². The normalized spacial score (nSPS) is 13.2. The molecule has 4 nitrogen and oxygen atoms in total. The third kappa shape index (κ3) is 5.59. The van der Waals surface area contributed by atoms with Gasteiger partial charge in [0.1, 0.15) is 5.82 Å². The Morgan fingerprint density at radius 2 is 1.56 bits per heavy atom. The van der Waals surface area contributed by atoms with E-state index >= 15 is 0 Å². The van der Waals surface area contributed by atoms with Gasteiger partial charge in [-0.05, 0) is 56.7 Å². The molecule has 12 heteroatoms. The molecule has 0 saturated heterocycles. The maximum absolute atomic E-state index is 13.3. The molecule has 0 aliphatic rings. The second-order valence-electron chi connectivity index (χ2n) is 7.49. The van der Waals surface area contributed by atoms with Gasteiger partial charge in [0.25, 0.3) is 5.91 Å². The van der Waals surface area contributed by atoms with Crippen molar-refractivity contribution in [2.75, 3.05) is 6.54 Å². The van der Waals surface area contributed by atoms with Gasteiger partial charge in [0.2, 0.25) is 0 Å². The lowest BCUT2D eigenvalue weighted by Gasteiger charge is -2.25. The van der Waals surface area contributed by atoms with Crippen LogP contribution in [-0.2, 0) is 22.2 Å². The van der Waals surface area contributed by atoms with Crippen molar-refractivity contribution in [1.82, 2.24) is 5.32 Å². The number of hydrogen-bond acceptors (Lipinski definition) is 3. The molecule has 0 saturated carbocycles. The Balaban J connectivity index is 2.14. The van der Waals surface area contributed by atoms with Crippen molar-refractivity contribution in [3.8, 4) is 0 Å². The highest BCUT2D eigenvalue weighted by Gasteiger charge is 2.38. The molecular formula is C20H18F7NO3S. The van der Waals surface area contributed by atoms with Crippen molar-refractivity contribution >= 4 is 15.7 Å². The van der Waals surface area contributed by atoms with Crippen LogP contribution in [-0.4, -0.2) is 25.6 Å². The minimum Gasteiger partial charge on any atom is -0.352 e. The maximum Gasteiger partial charge on any atom is 0.419 e. The molecule has 0 fully saturated rings. The quantitative estimate of drug-likeness (QED) is 0.570. The van der Waals surface area contributed by atoms with Crippen LogP contribution < -0.4 is 5.32 Å². The summed E-state index contributed by atoms with van der Waals surface area (Å²) >= 11 is 0. The zero-order valence-electron chi connectivity index (χ0n) is 16.7. The summed E-state index contributed by atoms with van der Waals surface area (Å²) in [4.78, 5) is 11.6. The van der Waals surface area contributed by atoms with Gasteiger partial charge < -0.3 is 5.32 Å². The highest BCUT2D eigenvalue weighted by molar-refractivity contribution is 7.92. The van der Waals surface area contributed by atoms with Crippen LogP contribution in [0.1, 0.15) is 41.8 Å². The second kappa shape index (κ2) is 8.72. The van der Waals surface area contributed by atoms with Gasteiger partial charge in [-0.15, -0.1) is 0 Å². The molecule has 1 N–H and O–H groups in total. The first-order valence-electron chi connectivity index (χ1n) is 9.04. The summed E-state index contributed by atoms with van der Waals surface area (Å²) in [6.07, 6.45) is -10.0. The lowest BCUT2D eigenvalue weighted by Crippen LogP contribution is -2.37. The lowest BCUT2D eigenvalue weighted by atomic mass is 10.1. The fourth-order valence-corrected chi connectivity index (χ4v) is 4.30. The first-order valence-corrected chi connectivity index (χ1v) is 10.5. The third-order valence-electron chi connectivity index (χ3n) is 4.75. The number of nitrogens with one attached hydrogen (secondary N) is 1. The van der Waals surface area contributed by atoms with E-state index in [1.807, 2.05) is 0 Å². The molecule has 2 rings (SSSR count). The van der Waals surface area contributed by atoms with E-state index in [1.165, 1.54) is 13.8 Å². The number of rotatable bonds is 6. The molecule has 2 aromatic rings. The van der Waals surface area contributed by atoms with Crippen LogP contribution in [0.3, 0.4) is 0 Å². The number of carbonyl (C=O) groups is 1. The average molecular weight is 485 g/mol. The van der Waals surface area contributed by atoms with E-state index in [2.05, 4.69) is 5.32 Å². The predicted octanol–water partition coefficient (Wildman–Crippen LogP) is 5.24. The topological polar surface area (TPSA) is 63.2 Å². The molecule has 0 atom stereocenters. The number of amides is 1. The Kier molecular flexibility index (Phi) is 6.98. The second-order valence-corrected chi connectivity index (χ2v) is 10.1. The van der Waals surface area contributed by atoms with Gasteiger partial charge in [-0.25, -0.2) is 12.8 Å². The van der Waals surface area contributed by atoms with E-state index in [-0.39, 0.29) is 13.0 Å². The monoisotopic (exact) mass is 485 g/mol. The number of carbonyl (C=O) groups excluding carboxylic acids is 1. The Hall–Kier alpha value is -2.63. The van der Waals surface area contributed by atoms with Gasteiger partial charge in [-0.1, -0.05) is 6.07 Å². The summed E-state index contributed by atoms with van der Waals surface area (Å²) in [5, 5.41) is 2.24. The Labute approximate surface area is 179 Å². The van der Waals surface area contributed by atoms with Crippen LogP contribution in [0.15, 0.2) is 47.4 Å². The summed E-state index contributed by atoms with van der Waals surface area (Å²) < 4.78 is 114. The molecule has 0 unspecified atom stereocenters. The van der Waals surface area contributed by atoms with E-state index in [4.69, 9.17) is 0 Å². The number of sulfone groups is 1. The van der Waals surface area contributed by atoms with Crippen LogP contribution in [0.4, 0.5) is 30.7 Å². The first-order chi connectivity index (χ1) is 14.5. The summed E-state index contributed by atoms with van der Waals surface area (Å²) in [5.41, 5.74) is -3.26. The number of alkyl halides is 6. The highest BCUT2D eigenvalue weighted by atomic mass is 32.2. The molecule has 32 heavy (non-hydrogen) atoms. The van der Waals surface area contributed by atoms with E-state index in [0.717, 1.165) is 24.3 Å². The van der Waals surface area contributed by atoms with Crippen LogP contribution in [0.5, 0.6) is 0 Å². The molecule has 0 radical (unpaired) electrons. The molecular weight excluding hydrogens is 467 g/mol. The molecule has 0 spiro atoms. The maximum atomic E-state index is 13.3. The molecule has 176 valence electrons. The number of hydrogen-bond donors (Lipinski definition) is 1. The van der Waals surface area contributed by atoms with Crippen LogP contribution >= 0.6 is 0 Å². The largest absolute Gasteiger partial charge is 0.419 e. The fraction of sp³-hybridized carbons (Fsp3) is 0.350. The minimum absolute atomic E-state index is 0.259. The SMILES string of the molecule is CC(C)(CCNC(=O)c1ccc(F)c(C(F)(F)F)c1)S(=O)(=O)c1cccc(C(F)(F)F)c1. The molecule has 2 aromatic carbocycles. The minimum atomic E-state index is -5.01. The molecule has 0 aliphatic carbocycles. The Bertz CT molecular complexity index is 1110. The third-order valence-corrected chi connectivity index (χ3v) is 7.28. The van der Waals surface area contributed by atoms with E-state index in [9.17, 15) is 43.9 Å². The fourth-order valence-electron chi connectivity index (χ4n) is 2.76. The number of halogens is 7. The summed E-state index contributed by atoms with van der Waals surface area (Å²) in [7, 11) is -4.27. The van der Waals surface area contributed by atoms with Crippen molar-refractivity contribution < 1.29 is 43.9 Å². The lowest BCUT2D eigenvalue weighted by molar-refractivity contribution is -0.140. The van der Waals surface area contributed by atoms with Crippen LogP contribution in [0.2, 0.25) is 0 Å². The Morgan fingerprint density at radius 1 is 0.938 bits per heavy atom.